The van der Waals surface area contributed by atoms with Gasteiger partial charge in [-0.2, -0.15) is 5.26 Å². The Kier molecular flexibility index (Phi) is 4.67. The fourth-order valence-electron chi connectivity index (χ4n) is 2.99. The van der Waals surface area contributed by atoms with E-state index < -0.39 is 0 Å². The molecule has 124 valence electrons. The Hall–Kier alpha value is -3.32. The summed E-state index contributed by atoms with van der Waals surface area (Å²) in [5.41, 5.74) is 6.40. The van der Waals surface area contributed by atoms with Crippen molar-refractivity contribution in [3.05, 3.63) is 82.3 Å². The molecule has 4 nitrogen and oxygen atoms in total. The normalized spacial score (nSPS) is 10.3. The maximum Gasteiger partial charge on any atom is 0.250 e. The van der Waals surface area contributed by atoms with Crippen molar-refractivity contribution in [2.75, 3.05) is 0 Å². The largest absolute Gasteiger partial charge is 0.319 e. The third-order valence-electron chi connectivity index (χ3n) is 4.32. The van der Waals surface area contributed by atoms with Gasteiger partial charge in [-0.05, 0) is 52.4 Å². The molecule has 0 bridgehead atoms. The van der Waals surface area contributed by atoms with Gasteiger partial charge in [0.25, 0.3) is 0 Å². The van der Waals surface area contributed by atoms with E-state index in [0.29, 0.717) is 6.54 Å². The second kappa shape index (κ2) is 7.06. The lowest BCUT2D eigenvalue weighted by atomic mass is 9.91. The Morgan fingerprint density at radius 2 is 1.80 bits per heavy atom. The summed E-state index contributed by atoms with van der Waals surface area (Å²) in [6, 6.07) is 17.8. The SMILES string of the molecule is Cc1cc(-c2ccc(=O)n(C)c2)cc(-c2ccccc2)c1CNC#N. The molecule has 3 rings (SSSR count). The van der Waals surface area contributed by atoms with Crippen molar-refractivity contribution in [3.63, 3.8) is 0 Å². The van der Waals surface area contributed by atoms with Gasteiger partial charge in [0.1, 0.15) is 0 Å². The molecule has 0 amide bonds. The summed E-state index contributed by atoms with van der Waals surface area (Å²) in [4.78, 5) is 11.7. The van der Waals surface area contributed by atoms with Gasteiger partial charge in [-0.25, -0.2) is 0 Å². The number of hydrogen-bond acceptors (Lipinski definition) is 3. The van der Waals surface area contributed by atoms with Gasteiger partial charge in [0, 0.05) is 19.3 Å². The summed E-state index contributed by atoms with van der Waals surface area (Å²) in [5.74, 6) is 0. The van der Waals surface area contributed by atoms with Crippen LogP contribution in [-0.4, -0.2) is 4.57 Å². The Bertz CT molecular complexity index is 998. The molecule has 0 saturated carbocycles. The molecule has 4 heteroatoms. The van der Waals surface area contributed by atoms with Gasteiger partial charge >= 0.3 is 0 Å². The van der Waals surface area contributed by atoms with Crippen LogP contribution in [0.2, 0.25) is 0 Å². The van der Waals surface area contributed by atoms with Crippen molar-refractivity contribution in [2.45, 2.75) is 13.5 Å². The van der Waals surface area contributed by atoms with Gasteiger partial charge in [0.15, 0.2) is 6.19 Å². The van der Waals surface area contributed by atoms with Gasteiger partial charge in [0.05, 0.1) is 6.54 Å². The van der Waals surface area contributed by atoms with Crippen LogP contribution in [0, 0.1) is 18.4 Å². The second-order valence-corrected chi connectivity index (χ2v) is 6.02. The van der Waals surface area contributed by atoms with E-state index in [-0.39, 0.29) is 5.56 Å². The monoisotopic (exact) mass is 329 g/mol. The van der Waals surface area contributed by atoms with Gasteiger partial charge in [-0.3, -0.25) is 4.79 Å². The van der Waals surface area contributed by atoms with Crippen LogP contribution < -0.4 is 10.9 Å². The average molecular weight is 329 g/mol. The van der Waals surface area contributed by atoms with Crippen LogP contribution in [0.1, 0.15) is 11.1 Å². The van der Waals surface area contributed by atoms with E-state index in [0.717, 1.165) is 33.4 Å². The molecule has 0 spiro atoms. The third-order valence-corrected chi connectivity index (χ3v) is 4.32. The molecule has 1 heterocycles. The number of benzene rings is 2. The van der Waals surface area contributed by atoms with E-state index in [9.17, 15) is 4.79 Å². The highest BCUT2D eigenvalue weighted by atomic mass is 16.1. The quantitative estimate of drug-likeness (QED) is 0.588. The minimum absolute atomic E-state index is 0.0291. The van der Waals surface area contributed by atoms with E-state index in [1.165, 1.54) is 0 Å². The third kappa shape index (κ3) is 3.46. The van der Waals surface area contributed by atoms with Crippen molar-refractivity contribution in [1.82, 2.24) is 9.88 Å². The van der Waals surface area contributed by atoms with Crippen LogP contribution in [-0.2, 0) is 13.6 Å². The smallest absolute Gasteiger partial charge is 0.250 e. The molecule has 0 aliphatic rings. The fraction of sp³-hybridized carbons (Fsp3) is 0.143. The van der Waals surface area contributed by atoms with Crippen molar-refractivity contribution >= 4 is 0 Å². The molecule has 0 aliphatic carbocycles. The minimum atomic E-state index is -0.0291. The maximum atomic E-state index is 11.7. The summed E-state index contributed by atoms with van der Waals surface area (Å²) in [6.07, 6.45) is 3.84. The first kappa shape index (κ1) is 16.5. The molecule has 0 fully saturated rings. The van der Waals surface area contributed by atoms with E-state index in [4.69, 9.17) is 5.26 Å². The summed E-state index contributed by atoms with van der Waals surface area (Å²) in [7, 11) is 1.75. The average Bonchev–Trinajstić information content (AvgIpc) is 2.63. The highest BCUT2D eigenvalue weighted by Gasteiger charge is 2.11. The molecule has 0 saturated heterocycles. The number of hydrogen-bond donors (Lipinski definition) is 1. The number of nitrogens with one attached hydrogen (secondary N) is 1. The minimum Gasteiger partial charge on any atom is -0.319 e. The number of pyridine rings is 1. The lowest BCUT2D eigenvalue weighted by Crippen LogP contribution is -2.14. The molecular formula is C21H19N3O. The van der Waals surface area contributed by atoms with Crippen molar-refractivity contribution < 1.29 is 0 Å². The number of nitrogens with zero attached hydrogens (tertiary/aromatic N) is 2. The number of aromatic nitrogens is 1. The molecule has 1 aromatic heterocycles. The first-order chi connectivity index (χ1) is 12.1. The molecule has 0 atom stereocenters. The lowest BCUT2D eigenvalue weighted by Gasteiger charge is -2.16. The predicted molar refractivity (Wildman–Crippen MR) is 99.7 cm³/mol. The fourth-order valence-corrected chi connectivity index (χ4v) is 2.99. The van der Waals surface area contributed by atoms with Gasteiger partial charge in [-0.15, -0.1) is 0 Å². The zero-order chi connectivity index (χ0) is 17.8. The molecule has 0 unspecified atom stereocenters. The first-order valence-electron chi connectivity index (χ1n) is 8.08. The highest BCUT2D eigenvalue weighted by molar-refractivity contribution is 5.77. The van der Waals surface area contributed by atoms with E-state index in [1.807, 2.05) is 43.6 Å². The van der Waals surface area contributed by atoms with E-state index in [2.05, 4.69) is 29.6 Å². The van der Waals surface area contributed by atoms with Crippen LogP contribution in [0.15, 0.2) is 65.6 Å². The first-order valence-corrected chi connectivity index (χ1v) is 8.08. The molecule has 25 heavy (non-hydrogen) atoms. The van der Waals surface area contributed by atoms with Crippen molar-refractivity contribution in [3.8, 4) is 28.4 Å². The number of aryl methyl sites for hydroxylation is 2. The molecule has 0 aliphatic heterocycles. The molecule has 1 N–H and O–H groups in total. The standard InChI is InChI=1S/C21H19N3O/c1-15-10-18(17-8-9-21(25)24(2)13-17)11-19(20(15)12-23-14-22)16-6-4-3-5-7-16/h3-11,13,23H,12H2,1-2H3. The van der Waals surface area contributed by atoms with Crippen LogP contribution in [0.4, 0.5) is 0 Å². The van der Waals surface area contributed by atoms with E-state index >= 15 is 0 Å². The second-order valence-electron chi connectivity index (χ2n) is 6.02. The topological polar surface area (TPSA) is 57.8 Å². The molecule has 2 aromatic carbocycles. The van der Waals surface area contributed by atoms with Gasteiger partial charge < -0.3 is 9.88 Å². The summed E-state index contributed by atoms with van der Waals surface area (Å²) in [6.45, 7) is 2.53. The molecular weight excluding hydrogens is 310 g/mol. The lowest BCUT2D eigenvalue weighted by molar-refractivity contribution is 0.862. The van der Waals surface area contributed by atoms with Crippen molar-refractivity contribution in [1.29, 1.82) is 5.26 Å². The zero-order valence-electron chi connectivity index (χ0n) is 14.3. The van der Waals surface area contributed by atoms with Gasteiger partial charge in [0.2, 0.25) is 5.56 Å². The van der Waals surface area contributed by atoms with Crippen LogP contribution >= 0.6 is 0 Å². The zero-order valence-corrected chi connectivity index (χ0v) is 14.3. The summed E-state index contributed by atoms with van der Waals surface area (Å²) < 4.78 is 1.58. The van der Waals surface area contributed by atoms with Crippen LogP contribution in [0.25, 0.3) is 22.3 Å². The number of nitriles is 1. The molecule has 0 radical (unpaired) electrons. The Labute approximate surface area is 147 Å². The van der Waals surface area contributed by atoms with Gasteiger partial charge in [-0.1, -0.05) is 36.4 Å². The Balaban J connectivity index is 2.19. The van der Waals surface area contributed by atoms with Crippen LogP contribution in [0.5, 0.6) is 0 Å². The highest BCUT2D eigenvalue weighted by Crippen LogP contribution is 2.32. The summed E-state index contributed by atoms with van der Waals surface area (Å²) in [5, 5.41) is 11.6. The Morgan fingerprint density at radius 1 is 1.04 bits per heavy atom. The molecule has 3 aromatic rings. The predicted octanol–water partition coefficient (Wildman–Crippen LogP) is 3.60. The summed E-state index contributed by atoms with van der Waals surface area (Å²) >= 11 is 0. The number of rotatable bonds is 4. The van der Waals surface area contributed by atoms with Crippen molar-refractivity contribution in [2.24, 2.45) is 7.05 Å². The van der Waals surface area contributed by atoms with Crippen LogP contribution in [0.3, 0.4) is 0 Å². The van der Waals surface area contributed by atoms with E-state index in [1.54, 1.807) is 17.7 Å². The Morgan fingerprint density at radius 3 is 2.48 bits per heavy atom. The maximum absolute atomic E-state index is 11.7.